The van der Waals surface area contributed by atoms with Gasteiger partial charge < -0.3 is 25.2 Å². The molecule has 1 unspecified atom stereocenters. The van der Waals surface area contributed by atoms with Gasteiger partial charge in [0.2, 0.25) is 5.91 Å². The van der Waals surface area contributed by atoms with Crippen molar-refractivity contribution in [1.82, 2.24) is 20.6 Å². The second-order valence-electron chi connectivity index (χ2n) is 16.0. The van der Waals surface area contributed by atoms with E-state index in [0.29, 0.717) is 18.0 Å². The molecule has 2 amide bonds. The first kappa shape index (κ1) is 44.7. The van der Waals surface area contributed by atoms with Gasteiger partial charge in [0, 0.05) is 35.6 Å². The van der Waals surface area contributed by atoms with Crippen molar-refractivity contribution in [2.45, 2.75) is 90.7 Å². The molecule has 11 heteroatoms. The number of carbonyl (C=O) groups excluding carboxylic acids is 3. The summed E-state index contributed by atoms with van der Waals surface area (Å²) in [5, 5.41) is 15.3. The van der Waals surface area contributed by atoms with Gasteiger partial charge in [-0.15, -0.1) is 0 Å². The lowest BCUT2D eigenvalue weighted by atomic mass is 9.86. The summed E-state index contributed by atoms with van der Waals surface area (Å²) in [6.45, 7) is 9.05. The van der Waals surface area contributed by atoms with Crippen LogP contribution in [0.3, 0.4) is 0 Å². The second-order valence-corrected chi connectivity index (χ2v) is 16.0. The third-order valence-electron chi connectivity index (χ3n) is 10.2. The number of ether oxygens (including phenoxy) is 2. The zero-order valence-corrected chi connectivity index (χ0v) is 35.0. The van der Waals surface area contributed by atoms with E-state index in [0.717, 1.165) is 45.6 Å². The molecule has 60 heavy (non-hydrogen) atoms. The maximum Gasteiger partial charge on any atom is 0.326 e. The first-order chi connectivity index (χ1) is 28.9. The van der Waals surface area contributed by atoms with E-state index in [2.05, 4.69) is 48.3 Å². The summed E-state index contributed by atoms with van der Waals surface area (Å²) in [5.41, 5.74) is 5.52. The molecule has 1 aromatic heterocycles. The molecule has 0 aliphatic carbocycles. The zero-order chi connectivity index (χ0) is 42.9. The number of hydrogen-bond acceptors (Lipinski definition) is 8. The molecule has 11 nitrogen and oxygen atoms in total. The van der Waals surface area contributed by atoms with Crippen molar-refractivity contribution < 1.29 is 33.8 Å². The van der Waals surface area contributed by atoms with Crippen LogP contribution in [0.1, 0.15) is 93.3 Å². The number of benzene rings is 4. The summed E-state index contributed by atoms with van der Waals surface area (Å²) in [7, 11) is 0. The van der Waals surface area contributed by atoms with Gasteiger partial charge in [-0.3, -0.25) is 14.4 Å². The van der Waals surface area contributed by atoms with Crippen LogP contribution in [0.25, 0.3) is 22.5 Å². The number of aliphatic carboxylic acids is 1. The molecule has 1 heterocycles. The van der Waals surface area contributed by atoms with Gasteiger partial charge in [0.25, 0.3) is 5.91 Å². The number of carboxylic acid groups (broad SMARTS) is 1. The molecule has 0 radical (unpaired) electrons. The van der Waals surface area contributed by atoms with Crippen LogP contribution < -0.4 is 15.4 Å². The number of amides is 2. The van der Waals surface area contributed by atoms with Crippen molar-refractivity contribution in [2.24, 2.45) is 5.92 Å². The number of aromatic nitrogens is 2. The standard InChI is InChI=1S/C49H56N4O7/c1-5-6-7-8-12-27-59-42-25-21-36(22-26-42)40-31-50-45(51-32-40)37-17-15-34(16-18-37)28-39(30-52-46(55)38-19-23-41(24-20-38)49(2,3)4)47(56)53-43(48(57)58)29-44(54)60-33-35-13-10-9-11-14-35/h9-11,13-26,31-32,39,43H,5-8,12,27-30,33H2,1-4H3,(H,52,55)(H,53,56)(H,57,58)/t39?,43-/m0/s1. The minimum absolute atomic E-state index is 0.0282. The van der Waals surface area contributed by atoms with E-state index in [1.807, 2.05) is 66.7 Å². The fourth-order valence-electron chi connectivity index (χ4n) is 6.49. The van der Waals surface area contributed by atoms with Crippen molar-refractivity contribution >= 4 is 23.8 Å². The van der Waals surface area contributed by atoms with E-state index in [-0.39, 0.29) is 30.9 Å². The normalized spacial score (nSPS) is 12.2. The molecular weight excluding hydrogens is 757 g/mol. The summed E-state index contributed by atoms with van der Waals surface area (Å²) in [4.78, 5) is 61.1. The molecule has 0 aliphatic heterocycles. The number of nitrogens with one attached hydrogen (secondary N) is 2. The van der Waals surface area contributed by atoms with Gasteiger partial charge in [-0.05, 0) is 64.8 Å². The predicted octanol–water partition coefficient (Wildman–Crippen LogP) is 8.75. The van der Waals surface area contributed by atoms with Crippen molar-refractivity contribution in [3.05, 3.63) is 138 Å². The average molecular weight is 813 g/mol. The van der Waals surface area contributed by atoms with Crippen LogP contribution in [0.5, 0.6) is 5.75 Å². The summed E-state index contributed by atoms with van der Waals surface area (Å²) < 4.78 is 11.2. The summed E-state index contributed by atoms with van der Waals surface area (Å²) in [6, 6.07) is 30.0. The minimum Gasteiger partial charge on any atom is -0.494 e. The number of rotatable bonds is 21. The Bertz CT molecular complexity index is 2130. The molecule has 4 aromatic carbocycles. The third-order valence-corrected chi connectivity index (χ3v) is 10.2. The van der Waals surface area contributed by atoms with Crippen molar-refractivity contribution in [3.8, 4) is 28.3 Å². The Morgan fingerprint density at radius 1 is 0.733 bits per heavy atom. The lowest BCUT2D eigenvalue weighted by Gasteiger charge is -2.21. The van der Waals surface area contributed by atoms with Crippen molar-refractivity contribution in [3.63, 3.8) is 0 Å². The smallest absolute Gasteiger partial charge is 0.326 e. The quantitative estimate of drug-likeness (QED) is 0.0487. The SMILES string of the molecule is CCCCCCCOc1ccc(-c2cnc(-c3ccc(CC(CNC(=O)c4ccc(C(C)(C)C)cc4)C(=O)N[C@@H](CC(=O)OCc4ccccc4)C(=O)O)cc3)nc2)cc1. The van der Waals surface area contributed by atoms with Gasteiger partial charge >= 0.3 is 11.9 Å². The number of hydrogen-bond donors (Lipinski definition) is 3. The largest absolute Gasteiger partial charge is 0.494 e. The van der Waals surface area contributed by atoms with E-state index in [1.54, 1.807) is 48.8 Å². The predicted molar refractivity (Wildman–Crippen MR) is 232 cm³/mol. The summed E-state index contributed by atoms with van der Waals surface area (Å²) in [6.07, 6.45) is 9.08. The fraction of sp³-hybridized carbons (Fsp3) is 0.347. The zero-order valence-electron chi connectivity index (χ0n) is 35.0. The number of esters is 1. The van der Waals surface area contributed by atoms with E-state index >= 15 is 0 Å². The van der Waals surface area contributed by atoms with Gasteiger partial charge in [0.05, 0.1) is 18.9 Å². The van der Waals surface area contributed by atoms with Crippen LogP contribution in [0.15, 0.2) is 116 Å². The van der Waals surface area contributed by atoms with Crippen molar-refractivity contribution in [2.75, 3.05) is 13.2 Å². The Kier molecular flexibility index (Phi) is 16.5. The number of unbranched alkanes of at least 4 members (excludes halogenated alkanes) is 4. The Morgan fingerprint density at radius 3 is 2.02 bits per heavy atom. The number of nitrogens with zero attached hydrogens (tertiary/aromatic N) is 2. The minimum atomic E-state index is -1.54. The molecule has 0 saturated heterocycles. The summed E-state index contributed by atoms with van der Waals surface area (Å²) in [5.74, 6) is -2.68. The van der Waals surface area contributed by atoms with Crippen LogP contribution in [0.2, 0.25) is 0 Å². The van der Waals surface area contributed by atoms with Gasteiger partial charge in [-0.25, -0.2) is 14.8 Å². The molecule has 0 fully saturated rings. The van der Waals surface area contributed by atoms with E-state index in [4.69, 9.17) is 9.47 Å². The lowest BCUT2D eigenvalue weighted by Crippen LogP contribution is -2.47. The molecular formula is C49H56N4O7. The number of carboxylic acids is 1. The second kappa shape index (κ2) is 22.1. The fourth-order valence-corrected chi connectivity index (χ4v) is 6.49. The highest BCUT2D eigenvalue weighted by atomic mass is 16.5. The number of carbonyl (C=O) groups is 4. The molecule has 5 rings (SSSR count). The molecule has 2 atom stereocenters. The topological polar surface area (TPSA) is 157 Å². The Labute approximate surface area is 353 Å². The lowest BCUT2D eigenvalue weighted by molar-refractivity contribution is -0.151. The maximum absolute atomic E-state index is 13.8. The average Bonchev–Trinajstić information content (AvgIpc) is 3.25. The van der Waals surface area contributed by atoms with Gasteiger partial charge in [0.1, 0.15) is 18.4 Å². The van der Waals surface area contributed by atoms with Gasteiger partial charge in [-0.1, -0.05) is 132 Å². The molecule has 3 N–H and O–H groups in total. The molecule has 5 aromatic rings. The Morgan fingerprint density at radius 2 is 1.38 bits per heavy atom. The van der Waals surface area contributed by atoms with Gasteiger partial charge in [0.15, 0.2) is 5.82 Å². The first-order valence-corrected chi connectivity index (χ1v) is 20.7. The Balaban J connectivity index is 1.23. The highest BCUT2D eigenvalue weighted by Gasteiger charge is 2.29. The van der Waals surface area contributed by atoms with Crippen LogP contribution in [-0.2, 0) is 37.6 Å². The Hall–Kier alpha value is -6.36. The highest BCUT2D eigenvalue weighted by molar-refractivity contribution is 5.95. The van der Waals surface area contributed by atoms with Crippen LogP contribution in [0, 0.1) is 5.92 Å². The van der Waals surface area contributed by atoms with Gasteiger partial charge in [-0.2, -0.15) is 0 Å². The summed E-state index contributed by atoms with van der Waals surface area (Å²) >= 11 is 0. The first-order valence-electron chi connectivity index (χ1n) is 20.7. The molecule has 314 valence electrons. The van der Waals surface area contributed by atoms with E-state index in [1.165, 1.54) is 25.7 Å². The molecule has 0 spiro atoms. The van der Waals surface area contributed by atoms with E-state index in [9.17, 15) is 24.3 Å². The maximum atomic E-state index is 13.8. The third kappa shape index (κ3) is 13.9. The molecule has 0 bridgehead atoms. The monoisotopic (exact) mass is 812 g/mol. The van der Waals surface area contributed by atoms with Crippen LogP contribution >= 0.6 is 0 Å². The van der Waals surface area contributed by atoms with Crippen molar-refractivity contribution in [1.29, 1.82) is 0 Å². The van der Waals surface area contributed by atoms with Crippen LogP contribution in [-0.4, -0.2) is 58.0 Å². The van der Waals surface area contributed by atoms with E-state index < -0.39 is 36.2 Å². The molecule has 0 saturated carbocycles. The highest BCUT2D eigenvalue weighted by Crippen LogP contribution is 2.25. The molecule has 0 aliphatic rings. The van der Waals surface area contributed by atoms with Crippen LogP contribution in [0.4, 0.5) is 0 Å².